The Labute approximate surface area is 119 Å². The summed E-state index contributed by atoms with van der Waals surface area (Å²) in [7, 11) is 0. The van der Waals surface area contributed by atoms with E-state index < -0.39 is 23.2 Å². The Morgan fingerprint density at radius 2 is 1.86 bits per heavy atom. The van der Waals surface area contributed by atoms with E-state index in [9.17, 15) is 22.7 Å². The summed E-state index contributed by atoms with van der Waals surface area (Å²) in [5.41, 5.74) is -1.74. The average Bonchev–Trinajstić information content (AvgIpc) is 2.37. The van der Waals surface area contributed by atoms with Crippen molar-refractivity contribution in [1.29, 1.82) is 0 Å². The molecular formula is C14H17F4NO2. The van der Waals surface area contributed by atoms with E-state index in [1.807, 2.05) is 0 Å². The van der Waals surface area contributed by atoms with Crippen LogP contribution < -0.4 is 5.32 Å². The van der Waals surface area contributed by atoms with Gasteiger partial charge in [0.2, 0.25) is 0 Å². The second-order valence-corrected chi connectivity index (χ2v) is 5.29. The summed E-state index contributed by atoms with van der Waals surface area (Å²) in [6.07, 6.45) is -3.64. The molecule has 2 N–H and O–H groups in total. The van der Waals surface area contributed by atoms with Gasteiger partial charge in [0, 0.05) is 39.1 Å². The fraction of sp³-hybridized carbons (Fsp3) is 0.571. The number of aliphatic hydroxyl groups is 1. The van der Waals surface area contributed by atoms with Crippen LogP contribution >= 0.6 is 0 Å². The molecule has 0 spiro atoms. The van der Waals surface area contributed by atoms with Crippen molar-refractivity contribution in [2.45, 2.75) is 31.2 Å². The van der Waals surface area contributed by atoms with E-state index in [4.69, 9.17) is 4.74 Å². The first-order chi connectivity index (χ1) is 9.78. The third-order valence-electron chi connectivity index (χ3n) is 3.49. The molecule has 1 saturated heterocycles. The Morgan fingerprint density at radius 1 is 1.19 bits per heavy atom. The molecule has 1 fully saturated rings. The maximum absolute atomic E-state index is 13.2. The van der Waals surface area contributed by atoms with E-state index in [2.05, 4.69) is 5.32 Å². The molecule has 7 heteroatoms. The largest absolute Gasteiger partial charge is 0.416 e. The van der Waals surface area contributed by atoms with E-state index in [0.29, 0.717) is 32.1 Å². The van der Waals surface area contributed by atoms with Crippen molar-refractivity contribution in [3.63, 3.8) is 0 Å². The number of benzene rings is 1. The van der Waals surface area contributed by atoms with Crippen LogP contribution in [0.25, 0.3) is 0 Å². The zero-order chi connectivity index (χ0) is 15.5. The van der Waals surface area contributed by atoms with Gasteiger partial charge in [0.1, 0.15) is 5.82 Å². The van der Waals surface area contributed by atoms with Gasteiger partial charge in [0.15, 0.2) is 0 Å². The summed E-state index contributed by atoms with van der Waals surface area (Å²) < 4.78 is 56.1. The molecule has 1 aromatic rings. The molecular weight excluding hydrogens is 290 g/mol. The SMILES string of the molecule is OC1(CNCc2cc(F)cc(C(F)(F)F)c2)CCOCC1. The first kappa shape index (κ1) is 16.2. The number of alkyl halides is 3. The fourth-order valence-corrected chi connectivity index (χ4v) is 2.28. The summed E-state index contributed by atoms with van der Waals surface area (Å²) in [6.45, 7) is 1.20. The van der Waals surface area contributed by atoms with Gasteiger partial charge in [-0.05, 0) is 23.8 Å². The minimum absolute atomic E-state index is 0.0595. The highest BCUT2D eigenvalue weighted by Crippen LogP contribution is 2.30. The summed E-state index contributed by atoms with van der Waals surface area (Å²) in [4.78, 5) is 0. The predicted octanol–water partition coefficient (Wildman–Crippen LogP) is 2.48. The van der Waals surface area contributed by atoms with E-state index in [1.54, 1.807) is 0 Å². The molecule has 1 aliphatic rings. The first-order valence-electron chi connectivity index (χ1n) is 6.66. The maximum atomic E-state index is 13.2. The Kier molecular flexibility index (Phi) is 4.85. The molecule has 3 nitrogen and oxygen atoms in total. The van der Waals surface area contributed by atoms with Crippen molar-refractivity contribution in [2.24, 2.45) is 0 Å². The van der Waals surface area contributed by atoms with Crippen molar-refractivity contribution in [3.8, 4) is 0 Å². The van der Waals surface area contributed by atoms with E-state index in [0.717, 1.165) is 12.1 Å². The van der Waals surface area contributed by atoms with Crippen LogP contribution in [0.15, 0.2) is 18.2 Å². The minimum atomic E-state index is -4.57. The standard InChI is InChI=1S/C14H17F4NO2/c15-12-6-10(5-11(7-12)14(16,17)18)8-19-9-13(20)1-3-21-4-2-13/h5-7,19-20H,1-4,8-9H2. The molecule has 0 atom stereocenters. The molecule has 2 rings (SSSR count). The quantitative estimate of drug-likeness (QED) is 0.840. The van der Waals surface area contributed by atoms with Crippen molar-refractivity contribution >= 4 is 0 Å². The fourth-order valence-electron chi connectivity index (χ4n) is 2.28. The van der Waals surface area contributed by atoms with Crippen LogP contribution in [-0.4, -0.2) is 30.5 Å². The average molecular weight is 307 g/mol. The van der Waals surface area contributed by atoms with Crippen LogP contribution in [0, 0.1) is 5.82 Å². The van der Waals surface area contributed by atoms with E-state index in [1.165, 1.54) is 0 Å². The van der Waals surface area contributed by atoms with Crippen molar-refractivity contribution in [3.05, 3.63) is 35.1 Å². The van der Waals surface area contributed by atoms with Gasteiger partial charge in [-0.25, -0.2) is 4.39 Å². The Morgan fingerprint density at radius 3 is 2.48 bits per heavy atom. The van der Waals surface area contributed by atoms with Crippen LogP contribution in [0.2, 0.25) is 0 Å². The summed E-state index contributed by atoms with van der Waals surface area (Å²) in [5.74, 6) is -0.925. The number of hydrogen-bond donors (Lipinski definition) is 2. The summed E-state index contributed by atoms with van der Waals surface area (Å²) >= 11 is 0. The predicted molar refractivity (Wildman–Crippen MR) is 68.1 cm³/mol. The second kappa shape index (κ2) is 6.29. The molecule has 1 heterocycles. The van der Waals surface area contributed by atoms with Gasteiger partial charge in [-0.1, -0.05) is 0 Å². The molecule has 21 heavy (non-hydrogen) atoms. The number of hydrogen-bond acceptors (Lipinski definition) is 3. The van der Waals surface area contributed by atoms with E-state index in [-0.39, 0.29) is 18.7 Å². The lowest BCUT2D eigenvalue weighted by molar-refractivity contribution is -0.137. The first-order valence-corrected chi connectivity index (χ1v) is 6.66. The van der Waals surface area contributed by atoms with Gasteiger partial charge >= 0.3 is 6.18 Å². The number of nitrogens with one attached hydrogen (secondary N) is 1. The monoisotopic (exact) mass is 307 g/mol. The molecule has 0 bridgehead atoms. The lowest BCUT2D eigenvalue weighted by atomic mass is 9.94. The molecule has 118 valence electrons. The van der Waals surface area contributed by atoms with Crippen LogP contribution in [0.1, 0.15) is 24.0 Å². The van der Waals surface area contributed by atoms with Crippen LogP contribution in [0.4, 0.5) is 17.6 Å². The van der Waals surface area contributed by atoms with Gasteiger partial charge in [-0.15, -0.1) is 0 Å². The lowest BCUT2D eigenvalue weighted by Crippen LogP contribution is -2.44. The molecule has 1 aliphatic heterocycles. The smallest absolute Gasteiger partial charge is 0.388 e. The molecule has 0 amide bonds. The molecule has 1 aromatic carbocycles. The van der Waals surface area contributed by atoms with Crippen LogP contribution in [0.5, 0.6) is 0 Å². The Bertz CT molecular complexity index is 484. The van der Waals surface area contributed by atoms with Crippen molar-refractivity contribution in [2.75, 3.05) is 19.8 Å². The summed E-state index contributed by atoms with van der Waals surface area (Å²) in [5, 5.41) is 13.1. The molecule has 0 aromatic heterocycles. The highest BCUT2D eigenvalue weighted by Gasteiger charge is 2.32. The number of rotatable bonds is 4. The highest BCUT2D eigenvalue weighted by molar-refractivity contribution is 5.26. The third-order valence-corrected chi connectivity index (χ3v) is 3.49. The van der Waals surface area contributed by atoms with Gasteiger partial charge in [0.25, 0.3) is 0 Å². The normalized spacial score (nSPS) is 18.7. The van der Waals surface area contributed by atoms with Crippen LogP contribution in [-0.2, 0) is 17.5 Å². The zero-order valence-corrected chi connectivity index (χ0v) is 11.3. The van der Waals surface area contributed by atoms with Gasteiger partial charge in [-0.2, -0.15) is 13.2 Å². The van der Waals surface area contributed by atoms with Gasteiger partial charge in [-0.3, -0.25) is 0 Å². The molecule has 0 radical (unpaired) electrons. The number of ether oxygens (including phenoxy) is 1. The van der Waals surface area contributed by atoms with Crippen molar-refractivity contribution in [1.82, 2.24) is 5.32 Å². The Balaban J connectivity index is 1.95. The van der Waals surface area contributed by atoms with Crippen LogP contribution in [0.3, 0.4) is 0 Å². The Hall–Kier alpha value is -1.18. The third kappa shape index (κ3) is 4.66. The van der Waals surface area contributed by atoms with Crippen molar-refractivity contribution < 1.29 is 27.4 Å². The van der Waals surface area contributed by atoms with Gasteiger partial charge in [0.05, 0.1) is 11.2 Å². The lowest BCUT2D eigenvalue weighted by Gasteiger charge is -2.32. The minimum Gasteiger partial charge on any atom is -0.388 e. The second-order valence-electron chi connectivity index (χ2n) is 5.29. The zero-order valence-electron chi connectivity index (χ0n) is 11.3. The number of halogens is 4. The summed E-state index contributed by atoms with van der Waals surface area (Å²) in [6, 6.07) is 2.43. The highest BCUT2D eigenvalue weighted by atomic mass is 19.4. The topological polar surface area (TPSA) is 41.5 Å². The van der Waals surface area contributed by atoms with E-state index >= 15 is 0 Å². The molecule has 0 saturated carbocycles. The molecule has 0 aliphatic carbocycles. The molecule has 0 unspecified atom stereocenters. The maximum Gasteiger partial charge on any atom is 0.416 e. The van der Waals surface area contributed by atoms with Gasteiger partial charge < -0.3 is 15.2 Å².